The van der Waals surface area contributed by atoms with Crippen LogP contribution in [0.4, 0.5) is 0 Å². The zero-order chi connectivity index (χ0) is 9.68. The van der Waals surface area contributed by atoms with Crippen LogP contribution in [0, 0.1) is 0 Å². The van der Waals surface area contributed by atoms with Crippen LogP contribution in [0.3, 0.4) is 0 Å². The summed E-state index contributed by atoms with van der Waals surface area (Å²) < 4.78 is 0. The van der Waals surface area contributed by atoms with Gasteiger partial charge in [0.2, 0.25) is 0 Å². The fraction of sp³-hybridized carbons (Fsp3) is 0.364. The largest absolute Gasteiger partial charge is 0.303 e. The average molecular weight is 197 g/mol. The summed E-state index contributed by atoms with van der Waals surface area (Å²) in [6.45, 7) is 2.09. The van der Waals surface area contributed by atoms with E-state index >= 15 is 0 Å². The Labute approximate surface area is 83.7 Å². The third-order valence-electron chi connectivity index (χ3n) is 2.21. The van der Waals surface area contributed by atoms with Gasteiger partial charge in [-0.1, -0.05) is 30.7 Å². The Morgan fingerprint density at radius 3 is 2.46 bits per heavy atom. The third-order valence-corrected chi connectivity index (χ3v) is 2.47. The monoisotopic (exact) mass is 196 g/mol. The normalized spacial score (nSPS) is 12.5. The molecule has 0 aromatic heterocycles. The first-order valence-corrected chi connectivity index (χ1v) is 4.84. The van der Waals surface area contributed by atoms with Crippen LogP contribution in [0.25, 0.3) is 0 Å². The highest BCUT2D eigenvalue weighted by Gasteiger charge is 2.07. The second-order valence-corrected chi connectivity index (χ2v) is 3.50. The number of hydrogen-bond donors (Lipinski definition) is 0. The number of carbonyl (C=O) groups is 1. The molecule has 1 atom stereocenters. The van der Waals surface area contributed by atoms with E-state index in [4.69, 9.17) is 11.6 Å². The molecule has 0 amide bonds. The van der Waals surface area contributed by atoms with Crippen molar-refractivity contribution in [3.63, 3.8) is 0 Å². The lowest BCUT2D eigenvalue weighted by Gasteiger charge is -2.11. The highest BCUT2D eigenvalue weighted by molar-refractivity contribution is 6.30. The molecule has 0 heterocycles. The molecule has 70 valence electrons. The number of aldehydes is 1. The second kappa shape index (κ2) is 5.03. The predicted molar refractivity (Wildman–Crippen MR) is 55.2 cm³/mol. The first kappa shape index (κ1) is 10.3. The smallest absolute Gasteiger partial charge is 0.120 e. The molecule has 0 fully saturated rings. The van der Waals surface area contributed by atoms with E-state index in [9.17, 15) is 4.79 Å². The molecule has 1 rings (SSSR count). The molecule has 0 spiro atoms. The summed E-state index contributed by atoms with van der Waals surface area (Å²) in [5.41, 5.74) is 1.19. The lowest BCUT2D eigenvalue weighted by Crippen LogP contribution is -1.97. The number of halogens is 1. The maximum Gasteiger partial charge on any atom is 0.120 e. The van der Waals surface area contributed by atoms with Crippen molar-refractivity contribution >= 4 is 17.9 Å². The van der Waals surface area contributed by atoms with E-state index in [0.29, 0.717) is 12.3 Å². The molecule has 0 aliphatic carbocycles. The zero-order valence-electron chi connectivity index (χ0n) is 7.66. The fourth-order valence-electron chi connectivity index (χ4n) is 1.39. The Morgan fingerprint density at radius 1 is 1.38 bits per heavy atom. The Balaban J connectivity index is 2.78. The topological polar surface area (TPSA) is 17.1 Å². The highest BCUT2D eigenvalue weighted by atomic mass is 35.5. The molecular formula is C11H13ClO. The van der Waals surface area contributed by atoms with E-state index in [1.54, 1.807) is 0 Å². The Kier molecular flexibility index (Phi) is 3.97. The minimum atomic E-state index is 0.342. The van der Waals surface area contributed by atoms with Gasteiger partial charge in [0.15, 0.2) is 0 Å². The van der Waals surface area contributed by atoms with Crippen LogP contribution in [-0.2, 0) is 4.79 Å². The first-order chi connectivity index (χ1) is 6.27. The maximum atomic E-state index is 10.4. The molecule has 0 radical (unpaired) electrons. The van der Waals surface area contributed by atoms with Crippen molar-refractivity contribution in [3.8, 4) is 0 Å². The fourth-order valence-corrected chi connectivity index (χ4v) is 1.52. The number of hydrogen-bond acceptors (Lipinski definition) is 1. The number of carbonyl (C=O) groups excluding carboxylic acids is 1. The van der Waals surface area contributed by atoms with Gasteiger partial charge in [0, 0.05) is 11.4 Å². The van der Waals surface area contributed by atoms with Crippen molar-refractivity contribution in [3.05, 3.63) is 34.9 Å². The quantitative estimate of drug-likeness (QED) is 0.675. The zero-order valence-corrected chi connectivity index (χ0v) is 8.42. The van der Waals surface area contributed by atoms with Crippen LogP contribution < -0.4 is 0 Å². The van der Waals surface area contributed by atoms with Gasteiger partial charge >= 0.3 is 0 Å². The van der Waals surface area contributed by atoms with E-state index in [1.807, 2.05) is 24.3 Å². The molecule has 0 saturated carbocycles. The predicted octanol–water partition coefficient (Wildman–Crippen LogP) is 3.42. The van der Waals surface area contributed by atoms with Gasteiger partial charge in [-0.3, -0.25) is 0 Å². The van der Waals surface area contributed by atoms with Gasteiger partial charge in [-0.15, -0.1) is 0 Å². The van der Waals surface area contributed by atoms with Gasteiger partial charge in [0.05, 0.1) is 0 Å². The molecule has 0 saturated heterocycles. The minimum Gasteiger partial charge on any atom is -0.303 e. The second-order valence-electron chi connectivity index (χ2n) is 3.06. The summed E-state index contributed by atoms with van der Waals surface area (Å²) in [5.74, 6) is 0.342. The van der Waals surface area contributed by atoms with Crippen LogP contribution in [0.1, 0.15) is 31.2 Å². The van der Waals surface area contributed by atoms with Crippen LogP contribution in [-0.4, -0.2) is 6.29 Å². The number of benzene rings is 1. The van der Waals surface area contributed by atoms with Crippen LogP contribution in [0.2, 0.25) is 5.02 Å². The van der Waals surface area contributed by atoms with Gasteiger partial charge < -0.3 is 4.79 Å². The molecule has 1 aromatic carbocycles. The van der Waals surface area contributed by atoms with Crippen molar-refractivity contribution in [1.29, 1.82) is 0 Å². The van der Waals surface area contributed by atoms with Crippen LogP contribution in [0.15, 0.2) is 24.3 Å². The molecule has 0 unspecified atom stereocenters. The van der Waals surface area contributed by atoms with Crippen molar-refractivity contribution in [2.75, 3.05) is 0 Å². The molecule has 0 aliphatic rings. The van der Waals surface area contributed by atoms with Gasteiger partial charge in [-0.25, -0.2) is 0 Å². The summed E-state index contributed by atoms with van der Waals surface area (Å²) in [7, 11) is 0. The SMILES string of the molecule is CC[C@@H](CC=O)c1ccc(Cl)cc1. The summed E-state index contributed by atoms with van der Waals surface area (Å²) >= 11 is 5.77. The Bertz CT molecular complexity index is 266. The van der Waals surface area contributed by atoms with E-state index in [0.717, 1.165) is 17.7 Å². The highest BCUT2D eigenvalue weighted by Crippen LogP contribution is 2.23. The van der Waals surface area contributed by atoms with Crippen LogP contribution in [0.5, 0.6) is 0 Å². The van der Waals surface area contributed by atoms with Gasteiger partial charge in [0.1, 0.15) is 6.29 Å². The molecule has 0 bridgehead atoms. The van der Waals surface area contributed by atoms with Gasteiger partial charge in [-0.2, -0.15) is 0 Å². The first-order valence-electron chi connectivity index (χ1n) is 4.47. The van der Waals surface area contributed by atoms with Crippen molar-refractivity contribution in [1.82, 2.24) is 0 Å². The lowest BCUT2D eigenvalue weighted by molar-refractivity contribution is -0.108. The summed E-state index contributed by atoms with van der Waals surface area (Å²) in [5, 5.41) is 0.740. The van der Waals surface area contributed by atoms with E-state index in [-0.39, 0.29) is 0 Å². The number of rotatable bonds is 4. The average Bonchev–Trinajstić information content (AvgIpc) is 2.16. The Morgan fingerprint density at radius 2 is 2.00 bits per heavy atom. The van der Waals surface area contributed by atoms with Crippen molar-refractivity contribution in [2.24, 2.45) is 0 Å². The molecule has 1 nitrogen and oxygen atoms in total. The van der Waals surface area contributed by atoms with E-state index < -0.39 is 0 Å². The molecule has 1 aromatic rings. The molecular weight excluding hydrogens is 184 g/mol. The Hall–Kier alpha value is -0.820. The molecule has 0 N–H and O–H groups in total. The standard InChI is InChI=1S/C11H13ClO/c1-2-9(7-8-13)10-3-5-11(12)6-4-10/h3-6,8-9H,2,7H2,1H3/t9-/m0/s1. The third kappa shape index (κ3) is 2.85. The molecule has 2 heteroatoms. The maximum absolute atomic E-state index is 10.4. The van der Waals surface area contributed by atoms with Gasteiger partial charge in [-0.05, 0) is 30.0 Å². The lowest BCUT2D eigenvalue weighted by atomic mass is 9.94. The van der Waals surface area contributed by atoms with Crippen molar-refractivity contribution < 1.29 is 4.79 Å². The van der Waals surface area contributed by atoms with E-state index in [2.05, 4.69) is 6.92 Å². The van der Waals surface area contributed by atoms with Crippen molar-refractivity contribution in [2.45, 2.75) is 25.7 Å². The van der Waals surface area contributed by atoms with Crippen LogP contribution >= 0.6 is 11.6 Å². The van der Waals surface area contributed by atoms with Gasteiger partial charge in [0.25, 0.3) is 0 Å². The summed E-state index contributed by atoms with van der Waals surface area (Å²) in [4.78, 5) is 10.4. The molecule has 0 aliphatic heterocycles. The molecule has 13 heavy (non-hydrogen) atoms. The van der Waals surface area contributed by atoms with E-state index in [1.165, 1.54) is 5.56 Å². The minimum absolute atomic E-state index is 0.342. The summed E-state index contributed by atoms with van der Waals surface area (Å²) in [6.07, 6.45) is 2.56. The summed E-state index contributed by atoms with van der Waals surface area (Å²) in [6, 6.07) is 7.70.